The van der Waals surface area contributed by atoms with Crippen molar-refractivity contribution < 1.29 is 23.8 Å². The van der Waals surface area contributed by atoms with Crippen LogP contribution in [0.1, 0.15) is 6.92 Å². The van der Waals surface area contributed by atoms with Gasteiger partial charge in [-0.1, -0.05) is 0 Å². The molecule has 2 aromatic rings. The predicted molar refractivity (Wildman–Crippen MR) is 83.8 cm³/mol. The van der Waals surface area contributed by atoms with Crippen LogP contribution < -0.4 is 10.4 Å². The first kappa shape index (κ1) is 16.2. The lowest BCUT2D eigenvalue weighted by atomic mass is 10.2. The summed E-state index contributed by atoms with van der Waals surface area (Å²) in [5.74, 6) is 0.502. The number of aromatic hydroxyl groups is 1. The highest BCUT2D eigenvalue weighted by molar-refractivity contribution is 7.96. The summed E-state index contributed by atoms with van der Waals surface area (Å²) in [6.07, 6.45) is 1.79. The fourth-order valence-electron chi connectivity index (χ4n) is 2.00. The van der Waals surface area contributed by atoms with Crippen LogP contribution in [0, 0.1) is 0 Å². The molecule has 0 saturated carbocycles. The van der Waals surface area contributed by atoms with Gasteiger partial charge in [0.2, 0.25) is 0 Å². The standard InChI is InChI=1S/C15H16O6S/c1-9(16)20-6-7-22(3)14-13(17)11-8-10(19-2)4-5-12(11)21-15(14)18/h4-5,8H,6-7H2,1-3H3/p+1. The molecule has 0 aliphatic rings. The molecule has 2 rings (SSSR count). The molecule has 1 heterocycles. The van der Waals surface area contributed by atoms with E-state index in [1.807, 2.05) is 0 Å². The molecule has 0 aliphatic heterocycles. The van der Waals surface area contributed by atoms with E-state index >= 15 is 0 Å². The van der Waals surface area contributed by atoms with Crippen LogP contribution in [-0.4, -0.2) is 36.8 Å². The van der Waals surface area contributed by atoms with Crippen molar-refractivity contribution in [1.82, 2.24) is 0 Å². The van der Waals surface area contributed by atoms with Crippen molar-refractivity contribution in [2.45, 2.75) is 11.8 Å². The number of carbonyl (C=O) groups is 1. The van der Waals surface area contributed by atoms with Gasteiger partial charge >= 0.3 is 11.6 Å². The smallest absolute Gasteiger partial charge is 0.396 e. The number of benzene rings is 1. The number of esters is 1. The fourth-order valence-corrected chi connectivity index (χ4v) is 3.30. The van der Waals surface area contributed by atoms with E-state index in [0.717, 1.165) is 0 Å². The zero-order valence-corrected chi connectivity index (χ0v) is 13.4. The molecule has 6 nitrogen and oxygen atoms in total. The number of carbonyl (C=O) groups excluding carboxylic acids is 1. The molecule has 0 bridgehead atoms. The second-order valence-corrected chi connectivity index (χ2v) is 6.70. The Kier molecular flexibility index (Phi) is 4.97. The van der Waals surface area contributed by atoms with E-state index in [-0.39, 0.29) is 23.2 Å². The van der Waals surface area contributed by atoms with Gasteiger partial charge in [-0.2, -0.15) is 0 Å². The molecule has 1 N–H and O–H groups in total. The number of fused-ring (bicyclic) bond motifs is 1. The van der Waals surface area contributed by atoms with E-state index in [1.54, 1.807) is 24.5 Å². The number of hydrogen-bond acceptors (Lipinski definition) is 6. The highest BCUT2D eigenvalue weighted by Gasteiger charge is 2.28. The molecule has 0 radical (unpaired) electrons. The lowest BCUT2D eigenvalue weighted by Crippen LogP contribution is -2.20. The molecule has 0 spiro atoms. The van der Waals surface area contributed by atoms with Gasteiger partial charge in [0, 0.05) is 17.8 Å². The van der Waals surface area contributed by atoms with Crippen LogP contribution in [-0.2, 0) is 20.4 Å². The quantitative estimate of drug-likeness (QED) is 0.511. The normalized spacial score (nSPS) is 12.1. The lowest BCUT2D eigenvalue weighted by Gasteiger charge is -2.07. The Morgan fingerprint density at radius 1 is 1.41 bits per heavy atom. The first-order valence-electron chi connectivity index (χ1n) is 6.53. The van der Waals surface area contributed by atoms with E-state index in [2.05, 4.69) is 0 Å². The summed E-state index contributed by atoms with van der Waals surface area (Å²) in [6, 6.07) is 4.84. The predicted octanol–water partition coefficient (Wildman–Crippen LogP) is 1.68. The third kappa shape index (κ3) is 3.36. The maximum atomic E-state index is 12.1. The zero-order valence-electron chi connectivity index (χ0n) is 12.5. The molecule has 1 unspecified atom stereocenters. The van der Waals surface area contributed by atoms with Gasteiger partial charge in [-0.15, -0.1) is 0 Å². The third-order valence-electron chi connectivity index (χ3n) is 3.09. The van der Waals surface area contributed by atoms with E-state index in [1.165, 1.54) is 14.0 Å². The lowest BCUT2D eigenvalue weighted by molar-refractivity contribution is -0.140. The number of ether oxygens (including phenoxy) is 2. The SMILES string of the molecule is COc1ccc2oc(=O)c([S+](C)CCOC(C)=O)c(O)c2c1. The summed E-state index contributed by atoms with van der Waals surface area (Å²) in [6.45, 7) is 1.51. The van der Waals surface area contributed by atoms with Gasteiger partial charge in [-0.25, -0.2) is 4.79 Å². The minimum absolute atomic E-state index is 0.112. The van der Waals surface area contributed by atoms with E-state index in [0.29, 0.717) is 22.5 Å². The van der Waals surface area contributed by atoms with Crippen molar-refractivity contribution >= 4 is 27.8 Å². The van der Waals surface area contributed by atoms with Gasteiger partial charge in [-0.05, 0) is 18.2 Å². The maximum Gasteiger partial charge on any atom is 0.396 e. The Hall–Kier alpha value is -2.15. The Labute approximate surface area is 130 Å². The molecule has 118 valence electrons. The van der Waals surface area contributed by atoms with Gasteiger partial charge in [0.1, 0.15) is 29.9 Å². The summed E-state index contributed by atoms with van der Waals surface area (Å²) in [7, 11) is 0.904. The van der Waals surface area contributed by atoms with Gasteiger partial charge in [-0.3, -0.25) is 4.79 Å². The highest BCUT2D eigenvalue weighted by atomic mass is 32.2. The van der Waals surface area contributed by atoms with Crippen LogP contribution in [0.4, 0.5) is 0 Å². The van der Waals surface area contributed by atoms with Gasteiger partial charge < -0.3 is 19.0 Å². The van der Waals surface area contributed by atoms with Crippen LogP contribution >= 0.6 is 0 Å². The molecule has 0 saturated heterocycles. The van der Waals surface area contributed by atoms with E-state index < -0.39 is 16.5 Å². The van der Waals surface area contributed by atoms with Crippen LogP contribution in [0.3, 0.4) is 0 Å². The fraction of sp³-hybridized carbons (Fsp3) is 0.333. The number of methoxy groups -OCH3 is 1. The third-order valence-corrected chi connectivity index (χ3v) is 4.92. The van der Waals surface area contributed by atoms with Crippen LogP contribution in [0.25, 0.3) is 11.0 Å². The minimum Gasteiger partial charge on any atom is -0.503 e. The van der Waals surface area contributed by atoms with Gasteiger partial charge in [0.25, 0.3) is 4.90 Å². The van der Waals surface area contributed by atoms with Crippen molar-refractivity contribution in [2.24, 2.45) is 0 Å². The molecular weight excluding hydrogens is 308 g/mol. The largest absolute Gasteiger partial charge is 0.503 e. The molecule has 1 aromatic heterocycles. The van der Waals surface area contributed by atoms with Crippen molar-refractivity contribution in [1.29, 1.82) is 0 Å². The summed E-state index contributed by atoms with van der Waals surface area (Å²) in [5.41, 5.74) is -0.284. The van der Waals surface area contributed by atoms with Crippen LogP contribution in [0.2, 0.25) is 0 Å². The Morgan fingerprint density at radius 3 is 2.77 bits per heavy atom. The molecular formula is C15H17O6S+. The second kappa shape index (κ2) is 6.74. The summed E-state index contributed by atoms with van der Waals surface area (Å²) >= 11 is 0. The maximum absolute atomic E-state index is 12.1. The molecule has 7 heteroatoms. The van der Waals surface area contributed by atoms with Crippen LogP contribution in [0.5, 0.6) is 11.5 Å². The Morgan fingerprint density at radius 2 is 2.14 bits per heavy atom. The number of hydrogen-bond donors (Lipinski definition) is 1. The summed E-state index contributed by atoms with van der Waals surface area (Å²) in [4.78, 5) is 23.1. The van der Waals surface area contributed by atoms with E-state index in [9.17, 15) is 14.7 Å². The van der Waals surface area contributed by atoms with Gasteiger partial charge in [0.15, 0.2) is 5.75 Å². The first-order valence-corrected chi connectivity index (χ1v) is 8.34. The van der Waals surface area contributed by atoms with Crippen molar-refractivity contribution in [3.8, 4) is 11.5 Å². The summed E-state index contributed by atoms with van der Waals surface area (Å²) < 4.78 is 15.2. The Balaban J connectivity index is 2.40. The van der Waals surface area contributed by atoms with Crippen molar-refractivity contribution in [3.63, 3.8) is 0 Å². The number of rotatable bonds is 5. The van der Waals surface area contributed by atoms with Crippen LogP contribution in [0.15, 0.2) is 32.3 Å². The van der Waals surface area contributed by atoms with Gasteiger partial charge in [0.05, 0.1) is 12.5 Å². The molecule has 1 atom stereocenters. The minimum atomic E-state index is -0.612. The molecule has 0 amide bonds. The molecule has 1 aromatic carbocycles. The van der Waals surface area contributed by atoms with E-state index in [4.69, 9.17) is 13.9 Å². The molecule has 0 fully saturated rings. The topological polar surface area (TPSA) is 86.0 Å². The summed E-state index contributed by atoms with van der Waals surface area (Å²) in [5, 5.41) is 10.8. The first-order chi connectivity index (χ1) is 10.4. The van der Waals surface area contributed by atoms with Crippen molar-refractivity contribution in [2.75, 3.05) is 25.7 Å². The second-order valence-electron chi connectivity index (χ2n) is 4.61. The van der Waals surface area contributed by atoms with Crippen molar-refractivity contribution in [3.05, 3.63) is 28.6 Å². The molecule has 22 heavy (non-hydrogen) atoms. The Bertz CT molecular complexity index is 752. The average molecular weight is 325 g/mol. The molecule has 0 aliphatic carbocycles. The average Bonchev–Trinajstić information content (AvgIpc) is 2.46. The zero-order chi connectivity index (χ0) is 16.3. The monoisotopic (exact) mass is 325 g/mol. The highest BCUT2D eigenvalue weighted by Crippen LogP contribution is 2.32.